The van der Waals surface area contributed by atoms with Crippen LogP contribution in [0.4, 0.5) is 8.78 Å². The van der Waals surface area contributed by atoms with Crippen LogP contribution in [0.15, 0.2) is 18.2 Å². The van der Waals surface area contributed by atoms with E-state index in [1.165, 1.54) is 12.1 Å². The van der Waals surface area contributed by atoms with Gasteiger partial charge in [-0.05, 0) is 12.1 Å². The smallest absolute Gasteiger partial charge is 0.280 e. The fraction of sp³-hybridized carbons (Fsp3) is 0.286. The molecular weight excluding hydrogens is 150 g/mol. The standard InChI is InChI=1S/C7H8F2N2/c8-7(9)6-3-1-2-5(4-10)11-6/h1-3,7H,4,10H2. The number of pyridine rings is 1. The van der Waals surface area contributed by atoms with Gasteiger partial charge in [0.05, 0.1) is 5.69 Å². The van der Waals surface area contributed by atoms with Crippen LogP contribution in [0.3, 0.4) is 0 Å². The predicted molar refractivity (Wildman–Crippen MR) is 37.1 cm³/mol. The molecule has 0 atom stereocenters. The molecule has 0 aliphatic rings. The second kappa shape index (κ2) is 3.39. The maximum absolute atomic E-state index is 12.0. The number of nitrogens with two attached hydrogens (primary N) is 1. The third-order valence-corrected chi connectivity index (χ3v) is 1.26. The molecule has 0 aromatic carbocycles. The molecule has 2 nitrogen and oxygen atoms in total. The number of hydrogen-bond acceptors (Lipinski definition) is 2. The van der Waals surface area contributed by atoms with E-state index in [0.717, 1.165) is 0 Å². The van der Waals surface area contributed by atoms with Gasteiger partial charge in [-0.25, -0.2) is 8.78 Å². The van der Waals surface area contributed by atoms with Gasteiger partial charge in [0, 0.05) is 6.54 Å². The molecule has 0 aliphatic heterocycles. The van der Waals surface area contributed by atoms with Crippen LogP contribution in [0.1, 0.15) is 17.8 Å². The fourth-order valence-electron chi connectivity index (χ4n) is 0.733. The highest BCUT2D eigenvalue weighted by atomic mass is 19.3. The highest BCUT2D eigenvalue weighted by Gasteiger charge is 2.07. The summed E-state index contributed by atoms with van der Waals surface area (Å²) >= 11 is 0. The Morgan fingerprint density at radius 1 is 1.45 bits per heavy atom. The Hall–Kier alpha value is -1.03. The second-order valence-corrected chi connectivity index (χ2v) is 2.06. The number of halogens is 2. The Balaban J connectivity index is 2.91. The van der Waals surface area contributed by atoms with Crippen LogP contribution in [0.5, 0.6) is 0 Å². The Bertz CT molecular complexity index is 238. The summed E-state index contributed by atoms with van der Waals surface area (Å²) in [7, 11) is 0. The maximum atomic E-state index is 12.0. The first-order valence-corrected chi connectivity index (χ1v) is 3.18. The van der Waals surface area contributed by atoms with Crippen molar-refractivity contribution in [1.29, 1.82) is 0 Å². The molecule has 0 amide bonds. The lowest BCUT2D eigenvalue weighted by Crippen LogP contribution is -2.01. The van der Waals surface area contributed by atoms with E-state index in [0.29, 0.717) is 5.69 Å². The van der Waals surface area contributed by atoms with Crippen LogP contribution in [-0.4, -0.2) is 4.98 Å². The SMILES string of the molecule is NCc1cccc(C(F)F)n1. The van der Waals surface area contributed by atoms with Crippen molar-refractivity contribution >= 4 is 0 Å². The van der Waals surface area contributed by atoms with E-state index >= 15 is 0 Å². The largest absolute Gasteiger partial charge is 0.325 e. The molecule has 1 aromatic rings. The van der Waals surface area contributed by atoms with Crippen LogP contribution in [0.25, 0.3) is 0 Å². The van der Waals surface area contributed by atoms with Gasteiger partial charge in [-0.15, -0.1) is 0 Å². The van der Waals surface area contributed by atoms with Crippen molar-refractivity contribution in [1.82, 2.24) is 4.98 Å². The summed E-state index contributed by atoms with van der Waals surface area (Å²) in [6, 6.07) is 4.42. The van der Waals surface area contributed by atoms with E-state index in [9.17, 15) is 8.78 Å². The van der Waals surface area contributed by atoms with Crippen LogP contribution in [0, 0.1) is 0 Å². The molecule has 0 unspecified atom stereocenters. The van der Waals surface area contributed by atoms with Gasteiger partial charge in [-0.1, -0.05) is 6.07 Å². The molecule has 1 aromatic heterocycles. The third-order valence-electron chi connectivity index (χ3n) is 1.26. The third kappa shape index (κ3) is 1.94. The zero-order valence-electron chi connectivity index (χ0n) is 5.80. The van der Waals surface area contributed by atoms with Crippen LogP contribution >= 0.6 is 0 Å². The molecule has 0 saturated carbocycles. The van der Waals surface area contributed by atoms with Gasteiger partial charge < -0.3 is 5.73 Å². The van der Waals surface area contributed by atoms with Crippen molar-refractivity contribution in [3.05, 3.63) is 29.6 Å². The first kappa shape index (κ1) is 8.07. The molecule has 0 spiro atoms. The predicted octanol–water partition coefficient (Wildman–Crippen LogP) is 1.48. The first-order valence-electron chi connectivity index (χ1n) is 3.18. The topological polar surface area (TPSA) is 38.9 Å². The Morgan fingerprint density at radius 3 is 2.73 bits per heavy atom. The van der Waals surface area contributed by atoms with Crippen LogP contribution in [0.2, 0.25) is 0 Å². The minimum atomic E-state index is -2.51. The number of aromatic nitrogens is 1. The monoisotopic (exact) mass is 158 g/mol. The number of hydrogen-bond donors (Lipinski definition) is 1. The van der Waals surface area contributed by atoms with E-state index in [1.54, 1.807) is 6.07 Å². The Labute approximate surface area is 63.1 Å². The lowest BCUT2D eigenvalue weighted by molar-refractivity contribution is 0.146. The van der Waals surface area contributed by atoms with Crippen molar-refractivity contribution in [3.63, 3.8) is 0 Å². The highest BCUT2D eigenvalue weighted by Crippen LogP contribution is 2.15. The van der Waals surface area contributed by atoms with Crippen molar-refractivity contribution < 1.29 is 8.78 Å². The number of rotatable bonds is 2. The lowest BCUT2D eigenvalue weighted by Gasteiger charge is -1.99. The Morgan fingerprint density at radius 2 is 2.18 bits per heavy atom. The zero-order valence-corrected chi connectivity index (χ0v) is 5.80. The summed E-state index contributed by atoms with van der Waals surface area (Å²) in [5.74, 6) is 0. The minimum Gasteiger partial charge on any atom is -0.325 e. The highest BCUT2D eigenvalue weighted by molar-refractivity contribution is 5.11. The maximum Gasteiger partial charge on any atom is 0.280 e. The molecule has 60 valence electrons. The molecule has 0 aliphatic carbocycles. The summed E-state index contributed by atoms with van der Waals surface area (Å²) in [5.41, 5.74) is 5.49. The van der Waals surface area contributed by atoms with E-state index < -0.39 is 6.43 Å². The van der Waals surface area contributed by atoms with Crippen molar-refractivity contribution in [2.24, 2.45) is 5.73 Å². The van der Waals surface area contributed by atoms with E-state index in [4.69, 9.17) is 5.73 Å². The molecule has 0 fully saturated rings. The van der Waals surface area contributed by atoms with E-state index in [-0.39, 0.29) is 12.2 Å². The van der Waals surface area contributed by atoms with Crippen molar-refractivity contribution in [2.45, 2.75) is 13.0 Å². The lowest BCUT2D eigenvalue weighted by atomic mass is 10.3. The molecule has 4 heteroatoms. The molecule has 1 heterocycles. The van der Waals surface area contributed by atoms with Gasteiger partial charge in [-0.3, -0.25) is 4.98 Å². The number of alkyl halides is 2. The first-order chi connectivity index (χ1) is 5.24. The number of nitrogens with zero attached hydrogens (tertiary/aromatic N) is 1. The summed E-state index contributed by atoms with van der Waals surface area (Å²) in [5, 5.41) is 0. The molecule has 0 bridgehead atoms. The van der Waals surface area contributed by atoms with Crippen molar-refractivity contribution in [2.75, 3.05) is 0 Å². The molecule has 2 N–H and O–H groups in total. The molecule has 0 radical (unpaired) electrons. The quantitative estimate of drug-likeness (QED) is 0.707. The zero-order chi connectivity index (χ0) is 8.27. The molecule has 11 heavy (non-hydrogen) atoms. The van der Waals surface area contributed by atoms with Gasteiger partial charge in [-0.2, -0.15) is 0 Å². The van der Waals surface area contributed by atoms with Gasteiger partial charge in [0.25, 0.3) is 6.43 Å². The summed E-state index contributed by atoms with van der Waals surface area (Å²) < 4.78 is 24.0. The van der Waals surface area contributed by atoms with E-state index in [1.807, 2.05) is 0 Å². The van der Waals surface area contributed by atoms with Crippen LogP contribution < -0.4 is 5.73 Å². The molecular formula is C7H8F2N2. The van der Waals surface area contributed by atoms with Gasteiger partial charge in [0.2, 0.25) is 0 Å². The average molecular weight is 158 g/mol. The molecule has 0 saturated heterocycles. The minimum absolute atomic E-state index is 0.195. The Kier molecular flexibility index (Phi) is 2.48. The summed E-state index contributed by atoms with van der Waals surface area (Å²) in [6.07, 6.45) is -2.51. The normalized spacial score (nSPS) is 10.5. The summed E-state index contributed by atoms with van der Waals surface area (Å²) in [6.45, 7) is 0.195. The van der Waals surface area contributed by atoms with Gasteiger partial charge >= 0.3 is 0 Å². The molecule has 1 rings (SSSR count). The average Bonchev–Trinajstić information content (AvgIpc) is 2.05. The fourth-order valence-corrected chi connectivity index (χ4v) is 0.733. The van der Waals surface area contributed by atoms with Crippen LogP contribution in [-0.2, 0) is 6.54 Å². The van der Waals surface area contributed by atoms with Gasteiger partial charge in [0.1, 0.15) is 5.69 Å². The van der Waals surface area contributed by atoms with Gasteiger partial charge in [0.15, 0.2) is 0 Å². The summed E-state index contributed by atoms with van der Waals surface area (Å²) in [4.78, 5) is 3.62. The van der Waals surface area contributed by atoms with Crippen molar-refractivity contribution in [3.8, 4) is 0 Å². The second-order valence-electron chi connectivity index (χ2n) is 2.06. The van der Waals surface area contributed by atoms with E-state index in [2.05, 4.69) is 4.98 Å².